The van der Waals surface area contributed by atoms with Gasteiger partial charge in [0.2, 0.25) is 0 Å². The Hall–Kier alpha value is -2.60. The summed E-state index contributed by atoms with van der Waals surface area (Å²) in [5, 5.41) is 9.28. The molecule has 1 unspecified atom stereocenters. The lowest BCUT2D eigenvalue weighted by Crippen LogP contribution is -2.39. The predicted octanol–water partition coefficient (Wildman–Crippen LogP) is 3.73. The number of halogens is 1. The molecule has 3 rings (SSSR count). The molecule has 1 saturated heterocycles. The molecule has 5 nitrogen and oxygen atoms in total. The van der Waals surface area contributed by atoms with Crippen LogP contribution >= 0.6 is 0 Å². The first-order valence-corrected chi connectivity index (χ1v) is 8.99. The minimum Gasteiger partial charge on any atom is -0.493 e. The number of piperidine rings is 1. The van der Waals surface area contributed by atoms with Crippen molar-refractivity contribution in [3.05, 3.63) is 59.4 Å². The SMILES string of the molecule is COc1cccc(C(c2ccccc2F)N2CCC(C(=O)O)CC2)c1OC. The number of benzene rings is 2. The maximum absolute atomic E-state index is 14.7. The minimum absolute atomic E-state index is 0.298. The summed E-state index contributed by atoms with van der Waals surface area (Å²) in [5.74, 6) is -0.274. The van der Waals surface area contributed by atoms with E-state index >= 15 is 0 Å². The second-order valence-electron chi connectivity index (χ2n) is 6.66. The van der Waals surface area contributed by atoms with Crippen molar-refractivity contribution >= 4 is 5.97 Å². The minimum atomic E-state index is -0.768. The van der Waals surface area contributed by atoms with E-state index in [0.717, 1.165) is 5.56 Å². The Labute approximate surface area is 158 Å². The lowest BCUT2D eigenvalue weighted by atomic mass is 9.90. The van der Waals surface area contributed by atoms with Gasteiger partial charge in [-0.25, -0.2) is 4.39 Å². The molecular weight excluding hydrogens is 349 g/mol. The van der Waals surface area contributed by atoms with Crippen LogP contribution < -0.4 is 9.47 Å². The van der Waals surface area contributed by atoms with Crippen LogP contribution in [0, 0.1) is 11.7 Å². The number of carboxylic acid groups (broad SMARTS) is 1. The summed E-state index contributed by atoms with van der Waals surface area (Å²) >= 11 is 0. The molecule has 1 atom stereocenters. The van der Waals surface area contributed by atoms with Gasteiger partial charge < -0.3 is 14.6 Å². The lowest BCUT2D eigenvalue weighted by Gasteiger charge is -2.37. The number of likely N-dealkylation sites (tertiary alicyclic amines) is 1. The molecule has 0 bridgehead atoms. The molecule has 1 N–H and O–H groups in total. The number of carbonyl (C=O) groups is 1. The Morgan fingerprint density at radius 1 is 1.07 bits per heavy atom. The summed E-state index contributed by atoms with van der Waals surface area (Å²) in [7, 11) is 3.13. The van der Waals surface area contributed by atoms with E-state index in [1.807, 2.05) is 18.2 Å². The lowest BCUT2D eigenvalue weighted by molar-refractivity contribution is -0.143. The maximum Gasteiger partial charge on any atom is 0.306 e. The normalized spacial score (nSPS) is 16.7. The van der Waals surface area contributed by atoms with Gasteiger partial charge in [0.25, 0.3) is 0 Å². The molecule has 0 aliphatic carbocycles. The van der Waals surface area contributed by atoms with Crippen LogP contribution in [0.5, 0.6) is 11.5 Å². The molecule has 0 aromatic heterocycles. The summed E-state index contributed by atoms with van der Waals surface area (Å²) in [6.45, 7) is 1.13. The third-order valence-corrected chi connectivity index (χ3v) is 5.17. The van der Waals surface area contributed by atoms with Gasteiger partial charge in [-0.15, -0.1) is 0 Å². The number of methoxy groups -OCH3 is 2. The van der Waals surface area contributed by atoms with E-state index in [-0.39, 0.29) is 17.8 Å². The number of ether oxygens (including phenoxy) is 2. The Morgan fingerprint density at radius 2 is 1.74 bits per heavy atom. The number of hydrogen-bond donors (Lipinski definition) is 1. The number of aliphatic carboxylic acids is 1. The topological polar surface area (TPSA) is 59.0 Å². The van der Waals surface area contributed by atoms with Crippen LogP contribution in [0.4, 0.5) is 4.39 Å². The zero-order valence-corrected chi connectivity index (χ0v) is 15.5. The molecule has 144 valence electrons. The molecule has 27 heavy (non-hydrogen) atoms. The van der Waals surface area contributed by atoms with Gasteiger partial charge in [0, 0.05) is 11.1 Å². The molecule has 0 saturated carbocycles. The van der Waals surface area contributed by atoms with Crippen molar-refractivity contribution in [3.8, 4) is 11.5 Å². The zero-order valence-electron chi connectivity index (χ0n) is 15.5. The average molecular weight is 373 g/mol. The van der Waals surface area contributed by atoms with Crippen molar-refractivity contribution in [2.75, 3.05) is 27.3 Å². The van der Waals surface area contributed by atoms with Crippen LogP contribution in [-0.2, 0) is 4.79 Å². The number of nitrogens with zero attached hydrogens (tertiary/aromatic N) is 1. The van der Waals surface area contributed by atoms with Gasteiger partial charge in [-0.3, -0.25) is 9.69 Å². The smallest absolute Gasteiger partial charge is 0.306 e. The molecule has 6 heteroatoms. The van der Waals surface area contributed by atoms with E-state index in [1.165, 1.54) is 6.07 Å². The average Bonchev–Trinajstić information content (AvgIpc) is 2.69. The van der Waals surface area contributed by atoms with E-state index in [0.29, 0.717) is 43.0 Å². The monoisotopic (exact) mass is 373 g/mol. The molecule has 1 heterocycles. The van der Waals surface area contributed by atoms with Crippen molar-refractivity contribution < 1.29 is 23.8 Å². The quantitative estimate of drug-likeness (QED) is 0.836. The van der Waals surface area contributed by atoms with E-state index in [1.54, 1.807) is 32.4 Å². The first-order valence-electron chi connectivity index (χ1n) is 8.99. The van der Waals surface area contributed by atoms with Gasteiger partial charge in [-0.05, 0) is 38.1 Å². The Kier molecular flexibility index (Phi) is 5.96. The summed E-state index contributed by atoms with van der Waals surface area (Å²) < 4.78 is 25.7. The van der Waals surface area contributed by atoms with Gasteiger partial charge in [0.15, 0.2) is 11.5 Å². The molecule has 0 amide bonds. The van der Waals surface area contributed by atoms with Crippen molar-refractivity contribution in [2.45, 2.75) is 18.9 Å². The highest BCUT2D eigenvalue weighted by molar-refractivity contribution is 5.70. The summed E-state index contributed by atoms with van der Waals surface area (Å²) in [4.78, 5) is 13.4. The van der Waals surface area contributed by atoms with E-state index < -0.39 is 5.97 Å². The molecule has 2 aromatic carbocycles. The van der Waals surface area contributed by atoms with Crippen molar-refractivity contribution in [2.24, 2.45) is 5.92 Å². The highest BCUT2D eigenvalue weighted by Gasteiger charge is 2.33. The highest BCUT2D eigenvalue weighted by Crippen LogP contribution is 2.41. The summed E-state index contributed by atoms with van der Waals surface area (Å²) in [5.41, 5.74) is 1.34. The third kappa shape index (κ3) is 3.90. The van der Waals surface area contributed by atoms with E-state index in [4.69, 9.17) is 9.47 Å². The van der Waals surface area contributed by atoms with Crippen LogP contribution in [0.25, 0.3) is 0 Å². The van der Waals surface area contributed by atoms with Gasteiger partial charge >= 0.3 is 5.97 Å². The fourth-order valence-electron chi connectivity index (χ4n) is 3.79. The molecule has 0 radical (unpaired) electrons. The van der Waals surface area contributed by atoms with Crippen LogP contribution in [0.15, 0.2) is 42.5 Å². The van der Waals surface area contributed by atoms with Crippen molar-refractivity contribution in [1.29, 1.82) is 0 Å². The molecule has 0 spiro atoms. The van der Waals surface area contributed by atoms with Crippen LogP contribution in [0.3, 0.4) is 0 Å². The van der Waals surface area contributed by atoms with Gasteiger partial charge in [0.05, 0.1) is 26.2 Å². The maximum atomic E-state index is 14.7. The summed E-state index contributed by atoms with van der Waals surface area (Å²) in [6.07, 6.45) is 1.07. The standard InChI is InChI=1S/C21H24FNO4/c1-26-18-9-5-7-16(20(18)27-2)19(15-6-3-4-8-17(15)22)23-12-10-14(11-13-23)21(24)25/h3-9,14,19H,10-13H2,1-2H3,(H,24,25). The molecular formula is C21H24FNO4. The van der Waals surface area contributed by atoms with Gasteiger partial charge in [0.1, 0.15) is 5.82 Å². The third-order valence-electron chi connectivity index (χ3n) is 5.17. The van der Waals surface area contributed by atoms with Crippen molar-refractivity contribution in [1.82, 2.24) is 4.90 Å². The molecule has 1 aliphatic heterocycles. The zero-order chi connectivity index (χ0) is 19.4. The molecule has 1 fully saturated rings. The largest absolute Gasteiger partial charge is 0.493 e. The van der Waals surface area contributed by atoms with Crippen LogP contribution in [0.1, 0.15) is 30.0 Å². The first-order chi connectivity index (χ1) is 13.1. The van der Waals surface area contributed by atoms with Crippen LogP contribution in [-0.4, -0.2) is 43.3 Å². The second-order valence-corrected chi connectivity index (χ2v) is 6.66. The molecule has 1 aliphatic rings. The predicted molar refractivity (Wildman–Crippen MR) is 99.7 cm³/mol. The number of rotatable bonds is 6. The summed E-state index contributed by atoms with van der Waals surface area (Å²) in [6, 6.07) is 11.9. The Morgan fingerprint density at radius 3 is 2.33 bits per heavy atom. The van der Waals surface area contributed by atoms with E-state index in [9.17, 15) is 14.3 Å². The fraction of sp³-hybridized carbons (Fsp3) is 0.381. The fourth-order valence-corrected chi connectivity index (χ4v) is 3.79. The molecule has 2 aromatic rings. The second kappa shape index (κ2) is 8.39. The van der Waals surface area contributed by atoms with Gasteiger partial charge in [-0.1, -0.05) is 30.3 Å². The Bertz CT molecular complexity index is 803. The van der Waals surface area contributed by atoms with Crippen LogP contribution in [0.2, 0.25) is 0 Å². The Balaban J connectivity index is 2.05. The van der Waals surface area contributed by atoms with Gasteiger partial charge in [-0.2, -0.15) is 0 Å². The van der Waals surface area contributed by atoms with Crippen molar-refractivity contribution in [3.63, 3.8) is 0 Å². The highest BCUT2D eigenvalue weighted by atomic mass is 19.1. The first kappa shape index (κ1) is 19.2. The number of para-hydroxylation sites is 1. The van der Waals surface area contributed by atoms with E-state index in [2.05, 4.69) is 4.90 Å². The number of carboxylic acids is 1. The number of hydrogen-bond acceptors (Lipinski definition) is 4.